The normalized spacial score (nSPS) is 15.2. The molecule has 0 unspecified atom stereocenters. The van der Waals surface area contributed by atoms with Gasteiger partial charge >= 0.3 is 0 Å². The number of thiazole rings is 2. The van der Waals surface area contributed by atoms with Gasteiger partial charge in [0, 0.05) is 38.3 Å². The lowest BCUT2D eigenvalue weighted by atomic mass is 10.3. The summed E-state index contributed by atoms with van der Waals surface area (Å²) in [5.74, 6) is 1.40. The van der Waals surface area contributed by atoms with Crippen LogP contribution in [0.15, 0.2) is 69.7 Å². The van der Waals surface area contributed by atoms with Crippen molar-refractivity contribution in [3.63, 3.8) is 0 Å². The summed E-state index contributed by atoms with van der Waals surface area (Å²) in [6.07, 6.45) is 9.48. The van der Waals surface area contributed by atoms with Crippen molar-refractivity contribution in [1.29, 1.82) is 0 Å². The molecule has 3 aromatic heterocycles. The van der Waals surface area contributed by atoms with Gasteiger partial charge in [0.25, 0.3) is 10.6 Å². The van der Waals surface area contributed by atoms with E-state index in [0.717, 1.165) is 24.9 Å². The van der Waals surface area contributed by atoms with Gasteiger partial charge in [-0.05, 0) is 36.6 Å². The van der Waals surface area contributed by atoms with Crippen LogP contribution in [0, 0.1) is 0 Å². The summed E-state index contributed by atoms with van der Waals surface area (Å²) in [5, 5.41) is 4.26. The van der Waals surface area contributed by atoms with Gasteiger partial charge in [-0.25, -0.2) is 0 Å². The highest BCUT2D eigenvalue weighted by molar-refractivity contribution is 8.06. The average molecular weight is 554 g/mol. The van der Waals surface area contributed by atoms with E-state index in [4.69, 9.17) is 9.47 Å². The van der Waals surface area contributed by atoms with Gasteiger partial charge in [0.15, 0.2) is 11.5 Å². The number of aromatic nitrogens is 3. The average Bonchev–Trinajstić information content (AvgIpc) is 3.51. The molecule has 37 heavy (non-hydrogen) atoms. The number of nitrogens with zero attached hydrogens (tertiary/aromatic N) is 4. The van der Waals surface area contributed by atoms with Crippen LogP contribution in [0.3, 0.4) is 0 Å². The number of aryl methyl sites for hydroxylation is 1. The second-order valence-corrected chi connectivity index (χ2v) is 11.1. The van der Waals surface area contributed by atoms with E-state index < -0.39 is 0 Å². The van der Waals surface area contributed by atoms with Gasteiger partial charge < -0.3 is 18.9 Å². The first kappa shape index (κ1) is 26.7. The Hall–Kier alpha value is -3.34. The van der Waals surface area contributed by atoms with E-state index in [1.165, 1.54) is 17.0 Å². The second kappa shape index (κ2) is 11.8. The van der Waals surface area contributed by atoms with Crippen molar-refractivity contribution >= 4 is 56.8 Å². The number of fused-ring (bicyclic) bond motifs is 1. The maximum Gasteiger partial charge on any atom is 0.268 e. The molecule has 0 fully saturated rings. The summed E-state index contributed by atoms with van der Waals surface area (Å²) < 4.78 is 17.4. The minimum absolute atomic E-state index is 0.00975. The third kappa shape index (κ3) is 5.82. The smallest absolute Gasteiger partial charge is 0.268 e. The van der Waals surface area contributed by atoms with Crippen LogP contribution in [-0.2, 0) is 14.1 Å². The summed E-state index contributed by atoms with van der Waals surface area (Å²) in [7, 11) is 9.14. The van der Waals surface area contributed by atoms with Crippen LogP contribution >= 0.6 is 34.4 Å². The second-order valence-electron chi connectivity index (χ2n) is 8.12. The Morgan fingerprint density at radius 3 is 2.27 bits per heavy atom. The summed E-state index contributed by atoms with van der Waals surface area (Å²) >= 11 is 4.81. The SMILES string of the molecule is COc1cc2sc(C=c3sc(=C/C=C4/SC=C(C)N4C)c(=O)n3C)[n+](C)c2cc1OC.c1ccncc1. The Labute approximate surface area is 227 Å². The third-order valence-electron chi connectivity index (χ3n) is 5.83. The Kier molecular flexibility index (Phi) is 8.52. The van der Waals surface area contributed by atoms with E-state index in [-0.39, 0.29) is 5.56 Å². The lowest BCUT2D eigenvalue weighted by molar-refractivity contribution is -0.642. The quantitative estimate of drug-likeness (QED) is 0.360. The molecule has 4 heterocycles. The lowest BCUT2D eigenvalue weighted by Crippen LogP contribution is -2.31. The fourth-order valence-corrected chi connectivity index (χ4v) is 6.58. The van der Waals surface area contributed by atoms with E-state index in [0.29, 0.717) is 16.0 Å². The number of ether oxygens (including phenoxy) is 2. The van der Waals surface area contributed by atoms with Crippen LogP contribution in [0.1, 0.15) is 11.9 Å². The summed E-state index contributed by atoms with van der Waals surface area (Å²) in [4.78, 5) is 18.7. The predicted octanol–water partition coefficient (Wildman–Crippen LogP) is 3.58. The number of hydrogen-bond acceptors (Lipinski definition) is 8. The van der Waals surface area contributed by atoms with Gasteiger partial charge in [0.2, 0.25) is 5.52 Å². The molecule has 5 rings (SSSR count). The summed E-state index contributed by atoms with van der Waals surface area (Å²) in [5.41, 5.74) is 2.26. The van der Waals surface area contributed by atoms with Crippen LogP contribution in [-0.4, -0.2) is 35.7 Å². The third-order valence-corrected chi connectivity index (χ3v) is 9.22. The Morgan fingerprint density at radius 1 is 1.00 bits per heavy atom. The fraction of sp³-hybridized carbons (Fsp3) is 0.222. The molecule has 0 N–H and O–H groups in total. The zero-order valence-corrected chi connectivity index (χ0v) is 24.0. The molecular formula is C27H29N4O3S3+. The molecule has 0 aliphatic carbocycles. The molecule has 0 radical (unpaired) electrons. The van der Waals surface area contributed by atoms with Crippen molar-refractivity contribution in [3.05, 3.63) is 89.5 Å². The van der Waals surface area contributed by atoms with E-state index in [9.17, 15) is 4.79 Å². The topological polar surface area (TPSA) is 60.5 Å². The van der Waals surface area contributed by atoms with Crippen molar-refractivity contribution in [2.45, 2.75) is 6.92 Å². The monoisotopic (exact) mass is 553 g/mol. The molecule has 0 saturated heterocycles. The first-order valence-corrected chi connectivity index (χ1v) is 13.9. The zero-order chi connectivity index (χ0) is 26.5. The van der Waals surface area contributed by atoms with Gasteiger partial charge in [-0.15, -0.1) is 11.3 Å². The van der Waals surface area contributed by atoms with Crippen molar-refractivity contribution in [1.82, 2.24) is 14.5 Å². The van der Waals surface area contributed by atoms with Gasteiger partial charge in [-0.1, -0.05) is 29.2 Å². The van der Waals surface area contributed by atoms with Crippen molar-refractivity contribution in [3.8, 4) is 11.5 Å². The van der Waals surface area contributed by atoms with Crippen LogP contribution < -0.4 is 28.8 Å². The van der Waals surface area contributed by atoms with E-state index in [1.807, 2.05) is 63.6 Å². The lowest BCUT2D eigenvalue weighted by Gasteiger charge is -2.13. The highest BCUT2D eigenvalue weighted by Crippen LogP contribution is 2.34. The van der Waals surface area contributed by atoms with Gasteiger partial charge in [0.05, 0.1) is 35.9 Å². The Bertz CT molecular complexity index is 1620. The van der Waals surface area contributed by atoms with Crippen molar-refractivity contribution < 1.29 is 14.0 Å². The standard InChI is InChI=1S/C22H24N3O3S3.C5H5N/c1-13-12-29-19(23(13)2)8-7-17-22(26)25(4)21(30-17)11-20-24(3)14-9-15(27-5)16(28-6)10-18(14)31-20;1-2-4-6-5-3-1/h7-12H,1-6H3;1-5H/q+1;/b17-7?,19-8+;. The molecule has 1 aromatic carbocycles. The van der Waals surface area contributed by atoms with Crippen LogP contribution in [0.2, 0.25) is 0 Å². The fourth-order valence-electron chi connectivity index (χ4n) is 3.54. The van der Waals surface area contributed by atoms with E-state index in [2.05, 4.69) is 32.9 Å². The first-order chi connectivity index (χ1) is 17.8. The Balaban J connectivity index is 0.000000469. The molecule has 4 aromatic rings. The number of benzene rings is 1. The van der Waals surface area contributed by atoms with Gasteiger partial charge in [-0.2, -0.15) is 4.57 Å². The highest BCUT2D eigenvalue weighted by atomic mass is 32.2. The van der Waals surface area contributed by atoms with E-state index in [1.54, 1.807) is 54.3 Å². The first-order valence-electron chi connectivity index (χ1n) is 11.4. The number of rotatable bonds is 4. The van der Waals surface area contributed by atoms with Crippen molar-refractivity contribution in [2.24, 2.45) is 14.1 Å². The van der Waals surface area contributed by atoms with Crippen molar-refractivity contribution in [2.75, 3.05) is 21.3 Å². The van der Waals surface area contributed by atoms with Gasteiger partial charge in [-0.3, -0.25) is 9.78 Å². The summed E-state index contributed by atoms with van der Waals surface area (Å²) in [6.45, 7) is 2.07. The zero-order valence-electron chi connectivity index (χ0n) is 21.6. The molecule has 192 valence electrons. The van der Waals surface area contributed by atoms with Crippen LogP contribution in [0.5, 0.6) is 11.5 Å². The molecule has 0 spiro atoms. The highest BCUT2D eigenvalue weighted by Gasteiger charge is 2.19. The number of allylic oxidation sites excluding steroid dienone is 2. The number of thioether (sulfide) groups is 1. The molecule has 10 heteroatoms. The minimum atomic E-state index is 0.00975. The van der Waals surface area contributed by atoms with Crippen LogP contribution in [0.4, 0.5) is 0 Å². The maximum absolute atomic E-state index is 12.8. The molecular weight excluding hydrogens is 525 g/mol. The maximum atomic E-state index is 12.8. The molecule has 1 aliphatic heterocycles. The molecule has 0 amide bonds. The molecule has 0 bridgehead atoms. The molecule has 1 aliphatic rings. The molecule has 7 nitrogen and oxygen atoms in total. The largest absolute Gasteiger partial charge is 0.493 e. The summed E-state index contributed by atoms with van der Waals surface area (Å²) in [6, 6.07) is 9.68. The van der Waals surface area contributed by atoms with E-state index >= 15 is 0 Å². The number of methoxy groups -OCH3 is 2. The minimum Gasteiger partial charge on any atom is -0.493 e. The number of pyridine rings is 1. The van der Waals surface area contributed by atoms with Gasteiger partial charge in [0.1, 0.15) is 16.4 Å². The molecule has 0 atom stereocenters. The predicted molar refractivity (Wildman–Crippen MR) is 154 cm³/mol. The number of hydrogen-bond donors (Lipinski definition) is 0. The molecule has 0 saturated carbocycles. The van der Waals surface area contributed by atoms with Crippen LogP contribution in [0.25, 0.3) is 22.4 Å². The Morgan fingerprint density at radius 2 is 1.70 bits per heavy atom.